The first-order chi connectivity index (χ1) is 7.06. The van der Waals surface area contributed by atoms with Crippen LogP contribution in [0.25, 0.3) is 5.52 Å². The molecule has 0 radical (unpaired) electrons. The van der Waals surface area contributed by atoms with Gasteiger partial charge in [0.25, 0.3) is 0 Å². The molecule has 2 aromatic rings. The number of anilines is 1. The first-order valence-corrected chi connectivity index (χ1v) is 6.17. The second-order valence-electron chi connectivity index (χ2n) is 3.15. The van der Waals surface area contributed by atoms with Gasteiger partial charge < -0.3 is 5.73 Å². The molecule has 0 atom stereocenters. The zero-order chi connectivity index (χ0) is 11.1. The SMILES string of the molecule is CCS(=O)(=O)c1c(N)nn2ccccc12. The molecule has 0 saturated carbocycles. The van der Waals surface area contributed by atoms with Gasteiger partial charge in [-0.15, -0.1) is 5.10 Å². The van der Waals surface area contributed by atoms with E-state index in [0.29, 0.717) is 5.52 Å². The van der Waals surface area contributed by atoms with Crippen LogP contribution >= 0.6 is 0 Å². The number of hydrogen-bond donors (Lipinski definition) is 1. The van der Waals surface area contributed by atoms with Crippen molar-refractivity contribution in [3.05, 3.63) is 24.4 Å². The van der Waals surface area contributed by atoms with Gasteiger partial charge in [-0.25, -0.2) is 12.9 Å². The molecule has 2 rings (SSSR count). The Hall–Kier alpha value is -1.56. The van der Waals surface area contributed by atoms with E-state index in [2.05, 4.69) is 5.10 Å². The van der Waals surface area contributed by atoms with Crippen molar-refractivity contribution in [3.8, 4) is 0 Å². The first-order valence-electron chi connectivity index (χ1n) is 4.52. The van der Waals surface area contributed by atoms with E-state index in [9.17, 15) is 8.42 Å². The molecule has 0 aliphatic heterocycles. The van der Waals surface area contributed by atoms with Crippen molar-refractivity contribution in [3.63, 3.8) is 0 Å². The Kier molecular flexibility index (Phi) is 2.15. The third kappa shape index (κ3) is 1.46. The Bertz CT molecular complexity index is 601. The average molecular weight is 225 g/mol. The molecular weight excluding hydrogens is 214 g/mol. The fourth-order valence-electron chi connectivity index (χ4n) is 1.46. The fraction of sp³-hybridized carbons (Fsp3) is 0.222. The summed E-state index contributed by atoms with van der Waals surface area (Å²) in [5.74, 6) is 0.0797. The highest BCUT2D eigenvalue weighted by atomic mass is 32.2. The maximum atomic E-state index is 11.8. The van der Waals surface area contributed by atoms with Crippen molar-refractivity contribution in [1.29, 1.82) is 0 Å². The molecule has 0 fully saturated rings. The molecule has 2 N–H and O–H groups in total. The molecular formula is C9H11N3O2S. The molecule has 0 bridgehead atoms. The summed E-state index contributed by atoms with van der Waals surface area (Å²) in [4.78, 5) is 0.130. The van der Waals surface area contributed by atoms with Gasteiger partial charge in [-0.3, -0.25) is 0 Å². The van der Waals surface area contributed by atoms with Crippen LogP contribution in [0.3, 0.4) is 0 Å². The van der Waals surface area contributed by atoms with Crippen molar-refractivity contribution in [2.45, 2.75) is 11.8 Å². The van der Waals surface area contributed by atoms with E-state index in [0.717, 1.165) is 0 Å². The van der Waals surface area contributed by atoms with E-state index >= 15 is 0 Å². The van der Waals surface area contributed by atoms with Crippen LogP contribution in [-0.2, 0) is 9.84 Å². The zero-order valence-corrected chi connectivity index (χ0v) is 9.03. The summed E-state index contributed by atoms with van der Waals surface area (Å²) in [6, 6.07) is 5.21. The second-order valence-corrected chi connectivity index (χ2v) is 5.36. The number of sulfone groups is 1. The van der Waals surface area contributed by atoms with Crippen LogP contribution in [0.15, 0.2) is 29.3 Å². The lowest BCUT2D eigenvalue weighted by molar-refractivity contribution is 0.598. The third-order valence-corrected chi connectivity index (χ3v) is 4.01. The summed E-state index contributed by atoms with van der Waals surface area (Å²) < 4.78 is 25.0. The Morgan fingerprint density at radius 3 is 2.87 bits per heavy atom. The minimum atomic E-state index is -3.32. The maximum Gasteiger partial charge on any atom is 0.183 e. The topological polar surface area (TPSA) is 77.5 Å². The van der Waals surface area contributed by atoms with Gasteiger partial charge in [0.15, 0.2) is 15.7 Å². The van der Waals surface area contributed by atoms with Crippen LogP contribution in [0.5, 0.6) is 0 Å². The highest BCUT2D eigenvalue weighted by Crippen LogP contribution is 2.24. The van der Waals surface area contributed by atoms with Crippen molar-refractivity contribution in [2.24, 2.45) is 0 Å². The zero-order valence-electron chi connectivity index (χ0n) is 8.21. The molecule has 0 saturated heterocycles. The first kappa shape index (κ1) is 9.97. The number of nitrogens with two attached hydrogens (primary N) is 1. The predicted octanol–water partition coefficient (Wildman–Crippen LogP) is 0.710. The van der Waals surface area contributed by atoms with Gasteiger partial charge in [-0.2, -0.15) is 0 Å². The van der Waals surface area contributed by atoms with Gasteiger partial charge in [-0.1, -0.05) is 13.0 Å². The maximum absolute atomic E-state index is 11.8. The van der Waals surface area contributed by atoms with Crippen LogP contribution in [0, 0.1) is 0 Å². The number of pyridine rings is 1. The predicted molar refractivity (Wildman–Crippen MR) is 57.3 cm³/mol. The van der Waals surface area contributed by atoms with E-state index in [1.165, 1.54) is 4.52 Å². The van der Waals surface area contributed by atoms with E-state index in [1.807, 2.05) is 0 Å². The molecule has 15 heavy (non-hydrogen) atoms. The molecule has 2 heterocycles. The molecule has 0 aliphatic rings. The number of nitrogens with zero attached hydrogens (tertiary/aromatic N) is 2. The third-order valence-electron chi connectivity index (χ3n) is 2.21. The van der Waals surface area contributed by atoms with Gasteiger partial charge >= 0.3 is 0 Å². The quantitative estimate of drug-likeness (QED) is 0.816. The number of nitrogen functional groups attached to an aromatic ring is 1. The number of fused-ring (bicyclic) bond motifs is 1. The molecule has 0 aliphatic carbocycles. The molecule has 5 nitrogen and oxygen atoms in total. The number of hydrogen-bond acceptors (Lipinski definition) is 4. The molecule has 2 aromatic heterocycles. The Morgan fingerprint density at radius 1 is 1.47 bits per heavy atom. The van der Waals surface area contributed by atoms with Gasteiger partial charge in [0.2, 0.25) is 0 Å². The Morgan fingerprint density at radius 2 is 2.20 bits per heavy atom. The van der Waals surface area contributed by atoms with Crippen LogP contribution < -0.4 is 5.73 Å². The monoisotopic (exact) mass is 225 g/mol. The highest BCUT2D eigenvalue weighted by molar-refractivity contribution is 7.91. The number of aromatic nitrogens is 2. The lowest BCUT2D eigenvalue weighted by Gasteiger charge is -1.98. The summed E-state index contributed by atoms with van der Waals surface area (Å²) in [7, 11) is -3.32. The lowest BCUT2D eigenvalue weighted by atomic mass is 10.4. The Labute approximate surface area is 87.4 Å². The van der Waals surface area contributed by atoms with Gasteiger partial charge in [0.05, 0.1) is 11.3 Å². The molecule has 0 unspecified atom stereocenters. The summed E-state index contributed by atoms with van der Waals surface area (Å²) in [5, 5.41) is 3.94. The standard InChI is InChI=1S/C9H11N3O2S/c1-2-15(13,14)8-7-5-3-4-6-12(7)11-9(8)10/h3-6H,2H2,1H3,(H2,10,11). The summed E-state index contributed by atoms with van der Waals surface area (Å²) in [6.07, 6.45) is 1.67. The lowest BCUT2D eigenvalue weighted by Crippen LogP contribution is -2.05. The van der Waals surface area contributed by atoms with E-state index in [4.69, 9.17) is 5.73 Å². The molecule has 80 valence electrons. The van der Waals surface area contributed by atoms with E-state index < -0.39 is 9.84 Å². The van der Waals surface area contributed by atoms with Crippen molar-refractivity contribution in [2.75, 3.05) is 11.5 Å². The van der Waals surface area contributed by atoms with Crippen LogP contribution in [0.1, 0.15) is 6.92 Å². The minimum Gasteiger partial charge on any atom is -0.381 e. The number of rotatable bonds is 2. The fourth-order valence-corrected chi connectivity index (χ4v) is 2.59. The molecule has 0 aromatic carbocycles. The van der Waals surface area contributed by atoms with E-state index in [-0.39, 0.29) is 16.5 Å². The second kappa shape index (κ2) is 3.23. The Balaban J connectivity index is 2.87. The molecule has 0 amide bonds. The normalized spacial score (nSPS) is 12.1. The van der Waals surface area contributed by atoms with Gasteiger partial charge in [-0.05, 0) is 12.1 Å². The smallest absolute Gasteiger partial charge is 0.183 e. The van der Waals surface area contributed by atoms with Gasteiger partial charge in [0, 0.05) is 6.20 Å². The van der Waals surface area contributed by atoms with E-state index in [1.54, 1.807) is 31.3 Å². The van der Waals surface area contributed by atoms with Crippen LogP contribution in [-0.4, -0.2) is 23.8 Å². The van der Waals surface area contributed by atoms with Crippen LogP contribution in [0.2, 0.25) is 0 Å². The summed E-state index contributed by atoms with van der Waals surface area (Å²) in [6.45, 7) is 1.58. The summed E-state index contributed by atoms with van der Waals surface area (Å²) >= 11 is 0. The molecule has 0 spiro atoms. The highest BCUT2D eigenvalue weighted by Gasteiger charge is 2.21. The van der Waals surface area contributed by atoms with Crippen molar-refractivity contribution >= 4 is 21.2 Å². The van der Waals surface area contributed by atoms with Crippen LogP contribution in [0.4, 0.5) is 5.82 Å². The van der Waals surface area contributed by atoms with Crippen molar-refractivity contribution in [1.82, 2.24) is 9.61 Å². The molecule has 6 heteroatoms. The van der Waals surface area contributed by atoms with Crippen molar-refractivity contribution < 1.29 is 8.42 Å². The van der Waals surface area contributed by atoms with Gasteiger partial charge in [0.1, 0.15) is 4.90 Å². The largest absolute Gasteiger partial charge is 0.381 e. The minimum absolute atomic E-state index is 0.0213. The average Bonchev–Trinajstić information content (AvgIpc) is 2.54. The summed E-state index contributed by atoms with van der Waals surface area (Å²) in [5.41, 5.74) is 6.13.